The fraction of sp³-hybridized carbons (Fsp3) is 0.364. The average molecular weight is 350 g/mol. The first-order valence-electron chi connectivity index (χ1n) is 9.27. The third-order valence-corrected chi connectivity index (χ3v) is 5.15. The molecule has 1 saturated heterocycles. The minimum Gasteiger partial charge on any atom is -0.342 e. The summed E-state index contributed by atoms with van der Waals surface area (Å²) in [6, 6.07) is 19.9. The number of rotatable bonds is 5. The molecule has 0 radical (unpaired) electrons. The highest BCUT2D eigenvalue weighted by Crippen LogP contribution is 2.22. The van der Waals surface area contributed by atoms with Crippen molar-refractivity contribution in [3.63, 3.8) is 0 Å². The zero-order valence-corrected chi connectivity index (χ0v) is 15.3. The largest absolute Gasteiger partial charge is 0.342 e. The summed E-state index contributed by atoms with van der Waals surface area (Å²) in [5.74, 6) is 0.396. The van der Waals surface area contributed by atoms with Crippen molar-refractivity contribution in [1.82, 2.24) is 4.90 Å². The van der Waals surface area contributed by atoms with Crippen LogP contribution in [0, 0.1) is 5.92 Å². The van der Waals surface area contributed by atoms with Crippen LogP contribution in [0.25, 0.3) is 0 Å². The van der Waals surface area contributed by atoms with Crippen molar-refractivity contribution in [3.8, 4) is 0 Å². The number of amides is 2. The highest BCUT2D eigenvalue weighted by molar-refractivity contribution is 6.04. The van der Waals surface area contributed by atoms with Crippen molar-refractivity contribution >= 4 is 17.5 Å². The lowest BCUT2D eigenvalue weighted by Gasteiger charge is -2.32. The van der Waals surface area contributed by atoms with Gasteiger partial charge in [0.05, 0.1) is 0 Å². The molecule has 1 aliphatic heterocycles. The second-order valence-corrected chi connectivity index (χ2v) is 6.98. The first-order chi connectivity index (χ1) is 12.6. The van der Waals surface area contributed by atoms with Crippen LogP contribution in [0.3, 0.4) is 0 Å². The molecule has 1 fully saturated rings. The third-order valence-electron chi connectivity index (χ3n) is 5.15. The summed E-state index contributed by atoms with van der Waals surface area (Å²) >= 11 is 0. The summed E-state index contributed by atoms with van der Waals surface area (Å²) in [7, 11) is 1.72. The van der Waals surface area contributed by atoms with Crippen LogP contribution in [0.2, 0.25) is 0 Å². The topological polar surface area (TPSA) is 40.6 Å². The van der Waals surface area contributed by atoms with Crippen molar-refractivity contribution in [2.75, 3.05) is 25.0 Å². The molecule has 0 bridgehead atoms. The summed E-state index contributed by atoms with van der Waals surface area (Å²) < 4.78 is 0. The summed E-state index contributed by atoms with van der Waals surface area (Å²) in [5, 5.41) is 0. The molecule has 0 spiro atoms. The molecule has 0 atom stereocenters. The van der Waals surface area contributed by atoms with E-state index in [9.17, 15) is 9.59 Å². The standard InChI is InChI=1S/C22H26N2O2/c1-23(20-10-6-3-7-11-20)21(25)17-22(26)24-14-12-19(13-15-24)16-18-8-4-2-5-9-18/h2-11,19H,12-17H2,1H3. The van der Waals surface area contributed by atoms with Crippen molar-refractivity contribution < 1.29 is 9.59 Å². The van der Waals surface area contributed by atoms with Crippen molar-refractivity contribution in [3.05, 3.63) is 66.2 Å². The summed E-state index contributed by atoms with van der Waals surface area (Å²) in [5.41, 5.74) is 2.17. The fourth-order valence-electron chi connectivity index (χ4n) is 3.49. The van der Waals surface area contributed by atoms with Crippen LogP contribution >= 0.6 is 0 Å². The number of likely N-dealkylation sites (tertiary alicyclic amines) is 1. The van der Waals surface area contributed by atoms with Gasteiger partial charge in [-0.1, -0.05) is 48.5 Å². The minimum absolute atomic E-state index is 0.0593. The summed E-state index contributed by atoms with van der Waals surface area (Å²) in [6.07, 6.45) is 3.01. The smallest absolute Gasteiger partial charge is 0.236 e. The quantitative estimate of drug-likeness (QED) is 0.774. The van der Waals surface area contributed by atoms with E-state index in [0.29, 0.717) is 5.92 Å². The Kier molecular flexibility index (Phi) is 6.05. The van der Waals surface area contributed by atoms with E-state index in [-0.39, 0.29) is 18.2 Å². The highest BCUT2D eigenvalue weighted by Gasteiger charge is 2.25. The molecule has 0 unspecified atom stereocenters. The Balaban J connectivity index is 1.47. The van der Waals surface area contributed by atoms with E-state index in [4.69, 9.17) is 0 Å². The number of hydrogen-bond donors (Lipinski definition) is 0. The minimum atomic E-state index is -0.160. The second-order valence-electron chi connectivity index (χ2n) is 6.98. The average Bonchev–Trinajstić information content (AvgIpc) is 2.69. The molecule has 136 valence electrons. The first-order valence-corrected chi connectivity index (χ1v) is 9.27. The maximum Gasteiger partial charge on any atom is 0.236 e. The molecular weight excluding hydrogens is 324 g/mol. The number of anilines is 1. The van der Waals surface area contributed by atoms with Crippen molar-refractivity contribution in [1.29, 1.82) is 0 Å². The lowest BCUT2D eigenvalue weighted by Crippen LogP contribution is -2.41. The van der Waals surface area contributed by atoms with Crippen molar-refractivity contribution in [2.24, 2.45) is 5.92 Å². The van der Waals surface area contributed by atoms with Gasteiger partial charge >= 0.3 is 0 Å². The molecule has 4 heteroatoms. The van der Waals surface area contributed by atoms with E-state index in [1.165, 1.54) is 5.56 Å². The molecule has 4 nitrogen and oxygen atoms in total. The van der Waals surface area contributed by atoms with Crippen LogP contribution < -0.4 is 4.90 Å². The number of benzene rings is 2. The number of piperidine rings is 1. The summed E-state index contributed by atoms with van der Waals surface area (Å²) in [6.45, 7) is 1.50. The van der Waals surface area contributed by atoms with Crippen LogP contribution in [0.4, 0.5) is 5.69 Å². The molecule has 2 aromatic rings. The predicted molar refractivity (Wildman–Crippen MR) is 104 cm³/mol. The molecule has 1 heterocycles. The Hall–Kier alpha value is -2.62. The van der Waals surface area contributed by atoms with Crippen LogP contribution in [0.5, 0.6) is 0 Å². The molecule has 0 aliphatic carbocycles. The van der Waals surface area contributed by atoms with Gasteiger partial charge in [-0.05, 0) is 42.9 Å². The predicted octanol–water partition coefficient (Wildman–Crippen LogP) is 3.52. The van der Waals surface area contributed by atoms with Crippen LogP contribution in [0.15, 0.2) is 60.7 Å². The van der Waals surface area contributed by atoms with Gasteiger partial charge in [0.1, 0.15) is 6.42 Å². The maximum atomic E-state index is 12.5. The Labute approximate surface area is 155 Å². The second kappa shape index (κ2) is 8.65. The SMILES string of the molecule is CN(C(=O)CC(=O)N1CCC(Cc2ccccc2)CC1)c1ccccc1. The van der Waals surface area contributed by atoms with E-state index in [0.717, 1.165) is 38.0 Å². The van der Waals surface area contributed by atoms with E-state index < -0.39 is 0 Å². The van der Waals surface area contributed by atoms with Gasteiger partial charge in [0.2, 0.25) is 11.8 Å². The van der Waals surface area contributed by atoms with Gasteiger partial charge in [-0.3, -0.25) is 9.59 Å². The Bertz CT molecular complexity index is 722. The third kappa shape index (κ3) is 4.72. The number of para-hydroxylation sites is 1. The molecule has 1 aliphatic rings. The van der Waals surface area contributed by atoms with Gasteiger partial charge in [-0.15, -0.1) is 0 Å². The zero-order chi connectivity index (χ0) is 18.4. The lowest BCUT2D eigenvalue weighted by molar-refractivity contribution is -0.136. The molecule has 26 heavy (non-hydrogen) atoms. The zero-order valence-electron chi connectivity index (χ0n) is 15.3. The molecular formula is C22H26N2O2. The van der Waals surface area contributed by atoms with Crippen molar-refractivity contribution in [2.45, 2.75) is 25.7 Å². The summed E-state index contributed by atoms with van der Waals surface area (Å²) in [4.78, 5) is 28.3. The molecule has 3 rings (SSSR count). The van der Waals surface area contributed by atoms with E-state index in [1.54, 1.807) is 11.9 Å². The van der Waals surface area contributed by atoms with E-state index >= 15 is 0 Å². The number of carbonyl (C=O) groups is 2. The fourth-order valence-corrected chi connectivity index (χ4v) is 3.49. The van der Waals surface area contributed by atoms with Crippen LogP contribution in [0.1, 0.15) is 24.8 Å². The molecule has 2 amide bonds. The van der Waals surface area contributed by atoms with Crippen LogP contribution in [-0.4, -0.2) is 36.9 Å². The van der Waals surface area contributed by atoms with E-state index in [2.05, 4.69) is 24.3 Å². The van der Waals surface area contributed by atoms with Gasteiger partial charge in [0.25, 0.3) is 0 Å². The van der Waals surface area contributed by atoms with Gasteiger partial charge in [0, 0.05) is 25.8 Å². The molecule has 0 saturated carbocycles. The lowest BCUT2D eigenvalue weighted by atomic mass is 9.90. The number of hydrogen-bond acceptors (Lipinski definition) is 2. The normalized spacial score (nSPS) is 14.9. The Morgan fingerprint density at radius 3 is 2.15 bits per heavy atom. The van der Waals surface area contributed by atoms with Gasteiger partial charge < -0.3 is 9.80 Å². The van der Waals surface area contributed by atoms with Gasteiger partial charge in [-0.2, -0.15) is 0 Å². The molecule has 2 aromatic carbocycles. The number of nitrogens with zero attached hydrogens (tertiary/aromatic N) is 2. The molecule has 0 N–H and O–H groups in total. The van der Waals surface area contributed by atoms with E-state index in [1.807, 2.05) is 41.3 Å². The maximum absolute atomic E-state index is 12.5. The number of carbonyl (C=O) groups excluding carboxylic acids is 2. The van der Waals surface area contributed by atoms with Gasteiger partial charge in [0.15, 0.2) is 0 Å². The highest BCUT2D eigenvalue weighted by atomic mass is 16.2. The molecule has 0 aromatic heterocycles. The first kappa shape index (κ1) is 18.2. The monoisotopic (exact) mass is 350 g/mol. The Morgan fingerprint density at radius 1 is 0.962 bits per heavy atom. The van der Waals surface area contributed by atoms with Crippen LogP contribution in [-0.2, 0) is 16.0 Å². The van der Waals surface area contributed by atoms with Gasteiger partial charge in [-0.25, -0.2) is 0 Å². The Morgan fingerprint density at radius 2 is 1.54 bits per heavy atom.